The van der Waals surface area contributed by atoms with E-state index in [2.05, 4.69) is 12.2 Å². The fraction of sp³-hybridized carbons (Fsp3) is 0.316. The number of nitrogens with two attached hydrogens (primary N) is 1. The lowest BCUT2D eigenvalue weighted by Crippen LogP contribution is -2.86. The van der Waals surface area contributed by atoms with Crippen LogP contribution in [0.5, 0.6) is 5.75 Å². The molecular formula is C19H24NO3+. The molecule has 122 valence electrons. The Bertz CT molecular complexity index is 596. The van der Waals surface area contributed by atoms with Crippen LogP contribution in [0.25, 0.3) is 0 Å². The van der Waals surface area contributed by atoms with Gasteiger partial charge in [0.05, 0.1) is 6.54 Å². The maximum atomic E-state index is 12.3. The van der Waals surface area contributed by atoms with Crippen LogP contribution in [-0.2, 0) is 0 Å². The van der Waals surface area contributed by atoms with Crippen molar-refractivity contribution in [1.82, 2.24) is 0 Å². The Morgan fingerprint density at radius 3 is 2.39 bits per heavy atom. The lowest BCUT2D eigenvalue weighted by atomic mass is 10.0. The van der Waals surface area contributed by atoms with Gasteiger partial charge >= 0.3 is 0 Å². The molecule has 0 saturated carbocycles. The number of quaternary nitrogens is 1. The molecule has 2 rings (SSSR count). The van der Waals surface area contributed by atoms with E-state index in [1.165, 1.54) is 0 Å². The van der Waals surface area contributed by atoms with Gasteiger partial charge in [0.25, 0.3) is 0 Å². The molecule has 0 amide bonds. The summed E-state index contributed by atoms with van der Waals surface area (Å²) in [6, 6.07) is 16.2. The third-order valence-corrected chi connectivity index (χ3v) is 3.53. The van der Waals surface area contributed by atoms with Crippen molar-refractivity contribution in [1.29, 1.82) is 0 Å². The van der Waals surface area contributed by atoms with E-state index in [1.807, 2.05) is 18.2 Å². The maximum absolute atomic E-state index is 12.3. The lowest BCUT2D eigenvalue weighted by Gasteiger charge is -2.11. The molecule has 0 aliphatic carbocycles. The monoisotopic (exact) mass is 314 g/mol. The SMILES string of the molecule is CCC[NH2+]C[C@H](O)COc1ccc(C(=O)c2ccccc2)cc1. The number of ketones is 1. The highest BCUT2D eigenvalue weighted by Crippen LogP contribution is 2.15. The highest BCUT2D eigenvalue weighted by Gasteiger charge is 2.10. The summed E-state index contributed by atoms with van der Waals surface area (Å²) in [5, 5.41) is 11.9. The zero-order valence-corrected chi connectivity index (χ0v) is 13.4. The summed E-state index contributed by atoms with van der Waals surface area (Å²) in [4.78, 5) is 12.3. The number of hydrogen-bond donors (Lipinski definition) is 2. The largest absolute Gasteiger partial charge is 0.491 e. The fourth-order valence-corrected chi connectivity index (χ4v) is 2.23. The quantitative estimate of drug-likeness (QED) is 0.546. The molecule has 1 atom stereocenters. The topological polar surface area (TPSA) is 63.1 Å². The molecule has 3 N–H and O–H groups in total. The van der Waals surface area contributed by atoms with Gasteiger partial charge in [-0.05, 0) is 30.7 Å². The number of benzene rings is 2. The molecule has 0 heterocycles. The van der Waals surface area contributed by atoms with E-state index < -0.39 is 6.10 Å². The number of hydrogen-bond acceptors (Lipinski definition) is 3. The van der Waals surface area contributed by atoms with Crippen molar-refractivity contribution in [2.45, 2.75) is 19.4 Å². The molecule has 0 aliphatic heterocycles. The zero-order chi connectivity index (χ0) is 16.5. The molecule has 2 aromatic carbocycles. The minimum atomic E-state index is -0.493. The first-order valence-electron chi connectivity index (χ1n) is 8.03. The number of carbonyl (C=O) groups is 1. The van der Waals surface area contributed by atoms with Crippen LogP contribution in [-0.4, -0.2) is 36.7 Å². The standard InChI is InChI=1S/C19H23NO3/c1-2-12-20-13-17(21)14-23-18-10-8-16(9-11-18)19(22)15-6-4-3-5-7-15/h3-11,17,20-21H,2,12-14H2,1H3/p+1/t17-/m0/s1. The average Bonchev–Trinajstić information content (AvgIpc) is 2.61. The molecule has 0 aliphatic rings. The Morgan fingerprint density at radius 2 is 1.74 bits per heavy atom. The van der Waals surface area contributed by atoms with Crippen molar-refractivity contribution in [3.63, 3.8) is 0 Å². The van der Waals surface area contributed by atoms with Crippen LogP contribution >= 0.6 is 0 Å². The van der Waals surface area contributed by atoms with Gasteiger partial charge in [-0.25, -0.2) is 0 Å². The van der Waals surface area contributed by atoms with Gasteiger partial charge < -0.3 is 15.2 Å². The van der Waals surface area contributed by atoms with Gasteiger partial charge in [0.2, 0.25) is 0 Å². The summed E-state index contributed by atoms with van der Waals surface area (Å²) >= 11 is 0. The van der Waals surface area contributed by atoms with Gasteiger partial charge in [0.1, 0.15) is 25.0 Å². The summed E-state index contributed by atoms with van der Waals surface area (Å²) in [5.41, 5.74) is 1.29. The Labute approximate surface area is 137 Å². The molecule has 4 heteroatoms. The summed E-state index contributed by atoms with van der Waals surface area (Å²) in [6.45, 7) is 4.01. The van der Waals surface area contributed by atoms with E-state index in [0.29, 0.717) is 23.4 Å². The van der Waals surface area contributed by atoms with Gasteiger partial charge in [-0.2, -0.15) is 0 Å². The van der Waals surface area contributed by atoms with Crippen molar-refractivity contribution in [2.75, 3.05) is 19.7 Å². The van der Waals surface area contributed by atoms with E-state index in [-0.39, 0.29) is 12.4 Å². The van der Waals surface area contributed by atoms with E-state index in [1.54, 1.807) is 36.4 Å². The predicted molar refractivity (Wildman–Crippen MR) is 89.8 cm³/mol. The number of ether oxygens (including phenoxy) is 1. The highest BCUT2D eigenvalue weighted by molar-refractivity contribution is 6.08. The van der Waals surface area contributed by atoms with Crippen LogP contribution in [0.2, 0.25) is 0 Å². The molecular weight excluding hydrogens is 290 g/mol. The Hall–Kier alpha value is -2.17. The molecule has 4 nitrogen and oxygen atoms in total. The van der Waals surface area contributed by atoms with Crippen LogP contribution < -0.4 is 10.1 Å². The second kappa shape index (κ2) is 9.08. The number of aliphatic hydroxyl groups excluding tert-OH is 1. The molecule has 0 radical (unpaired) electrons. The minimum absolute atomic E-state index is 0.00801. The fourth-order valence-electron chi connectivity index (χ4n) is 2.23. The Kier molecular flexibility index (Phi) is 6.78. The smallest absolute Gasteiger partial charge is 0.193 e. The van der Waals surface area contributed by atoms with E-state index >= 15 is 0 Å². The van der Waals surface area contributed by atoms with Gasteiger partial charge in [-0.15, -0.1) is 0 Å². The molecule has 0 fully saturated rings. The molecule has 2 aromatic rings. The third kappa shape index (κ3) is 5.51. The van der Waals surface area contributed by atoms with Crippen molar-refractivity contribution >= 4 is 5.78 Å². The summed E-state index contributed by atoms with van der Waals surface area (Å²) in [5.74, 6) is 0.649. The predicted octanol–water partition coefficient (Wildman–Crippen LogP) is 1.63. The average molecular weight is 314 g/mol. The van der Waals surface area contributed by atoms with E-state index in [4.69, 9.17) is 4.74 Å². The molecule has 0 aromatic heterocycles. The lowest BCUT2D eigenvalue weighted by molar-refractivity contribution is -0.661. The van der Waals surface area contributed by atoms with Gasteiger partial charge in [0.15, 0.2) is 5.78 Å². The van der Waals surface area contributed by atoms with Crippen LogP contribution in [0.4, 0.5) is 0 Å². The van der Waals surface area contributed by atoms with Gasteiger partial charge in [-0.1, -0.05) is 37.3 Å². The van der Waals surface area contributed by atoms with Gasteiger partial charge in [0, 0.05) is 11.1 Å². The van der Waals surface area contributed by atoms with Crippen LogP contribution in [0.3, 0.4) is 0 Å². The van der Waals surface area contributed by atoms with Crippen LogP contribution in [0.15, 0.2) is 54.6 Å². The maximum Gasteiger partial charge on any atom is 0.193 e. The summed E-state index contributed by atoms with van der Waals surface area (Å²) in [7, 11) is 0. The number of aliphatic hydroxyl groups is 1. The third-order valence-electron chi connectivity index (χ3n) is 3.53. The normalized spacial score (nSPS) is 11.9. The number of carbonyl (C=O) groups excluding carboxylic acids is 1. The molecule has 0 saturated heterocycles. The van der Waals surface area contributed by atoms with Crippen molar-refractivity contribution in [3.8, 4) is 5.75 Å². The zero-order valence-electron chi connectivity index (χ0n) is 13.4. The number of rotatable bonds is 9. The molecule has 0 bridgehead atoms. The minimum Gasteiger partial charge on any atom is -0.491 e. The molecule has 23 heavy (non-hydrogen) atoms. The van der Waals surface area contributed by atoms with Gasteiger partial charge in [-0.3, -0.25) is 4.79 Å². The van der Waals surface area contributed by atoms with E-state index in [9.17, 15) is 9.90 Å². The second-order valence-electron chi connectivity index (χ2n) is 5.50. The Morgan fingerprint density at radius 1 is 1.09 bits per heavy atom. The van der Waals surface area contributed by atoms with Crippen molar-refractivity contribution < 1.29 is 20.0 Å². The molecule has 0 unspecified atom stereocenters. The summed E-state index contributed by atoms with van der Waals surface area (Å²) in [6.07, 6.45) is 0.594. The van der Waals surface area contributed by atoms with Crippen molar-refractivity contribution in [2.24, 2.45) is 0 Å². The van der Waals surface area contributed by atoms with Crippen molar-refractivity contribution in [3.05, 3.63) is 65.7 Å². The van der Waals surface area contributed by atoms with E-state index in [0.717, 1.165) is 13.0 Å². The van der Waals surface area contributed by atoms with Crippen LogP contribution in [0.1, 0.15) is 29.3 Å². The van der Waals surface area contributed by atoms with Crippen LogP contribution in [0, 0.1) is 0 Å². The summed E-state index contributed by atoms with van der Waals surface area (Å²) < 4.78 is 5.56. The first-order chi connectivity index (χ1) is 11.2. The second-order valence-corrected chi connectivity index (χ2v) is 5.50. The molecule has 0 spiro atoms. The highest BCUT2D eigenvalue weighted by atomic mass is 16.5. The first kappa shape index (κ1) is 17.2. The Balaban J connectivity index is 1.86. The first-order valence-corrected chi connectivity index (χ1v) is 8.03.